The molecule has 0 spiro atoms. The predicted octanol–water partition coefficient (Wildman–Crippen LogP) is 5.42. The first-order chi connectivity index (χ1) is 20.6. The molecule has 0 fully saturated rings. The fourth-order valence-electron chi connectivity index (χ4n) is 5.36. The highest BCUT2D eigenvalue weighted by molar-refractivity contribution is 7.85. The minimum absolute atomic E-state index is 0.140. The number of thiazole rings is 1. The first kappa shape index (κ1) is 29.3. The van der Waals surface area contributed by atoms with Gasteiger partial charge in [-0.15, -0.1) is 0 Å². The third-order valence-electron chi connectivity index (χ3n) is 7.26. The van der Waals surface area contributed by atoms with Crippen molar-refractivity contribution in [3.8, 4) is 16.9 Å². The van der Waals surface area contributed by atoms with E-state index in [-0.39, 0.29) is 19.4 Å². The van der Waals surface area contributed by atoms with Crippen LogP contribution in [0.1, 0.15) is 17.8 Å². The molecule has 4 aromatic carbocycles. The summed E-state index contributed by atoms with van der Waals surface area (Å²) in [5.74, 6) is 0.192. The number of ether oxygens (including phenoxy) is 1. The van der Waals surface area contributed by atoms with Crippen LogP contribution in [0.25, 0.3) is 38.2 Å². The monoisotopic (exact) mass is 636 g/mol. The lowest BCUT2D eigenvalue weighted by Gasteiger charge is -2.18. The minimum atomic E-state index is -4.38. The molecular weight excluding hydrogens is 609 g/mol. The van der Waals surface area contributed by atoms with Gasteiger partial charge in [0, 0.05) is 18.7 Å². The molecule has 43 heavy (non-hydrogen) atoms. The number of hydrogen-bond acceptors (Lipinski definition) is 8. The van der Waals surface area contributed by atoms with Crippen LogP contribution < -0.4 is 14.2 Å². The van der Waals surface area contributed by atoms with Gasteiger partial charge in [0.15, 0.2) is 12.3 Å². The standard InChI is InChI=1S/C31H28N2O7S3/c34-42(35,36)18-6-16-32-26-20-24(22-8-2-1-3-9-22)12-14-27(26)40-29(32)21-30-33(17-7-19-43(37,38)39)31-25-11-5-4-10-23(25)13-15-28(31)41-30/h1-5,8-15,20-21H,6-7,16-19H2,(H-,34,35,36,37,38,39). The van der Waals surface area contributed by atoms with Crippen LogP contribution in [-0.2, 0) is 26.8 Å². The smallest absolute Gasteiger partial charge is 0.268 e. The van der Waals surface area contributed by atoms with Gasteiger partial charge >= 0.3 is 0 Å². The van der Waals surface area contributed by atoms with E-state index in [9.17, 15) is 25.9 Å². The van der Waals surface area contributed by atoms with E-state index in [0.717, 1.165) is 42.8 Å². The van der Waals surface area contributed by atoms with Crippen LogP contribution in [-0.4, -0.2) is 44.0 Å². The molecule has 0 saturated heterocycles. The molecule has 222 valence electrons. The quantitative estimate of drug-likeness (QED) is 0.159. The van der Waals surface area contributed by atoms with Gasteiger partial charge in [0.05, 0.1) is 33.0 Å². The van der Waals surface area contributed by atoms with Gasteiger partial charge < -0.3 is 14.2 Å². The Bertz CT molecular complexity index is 2070. The van der Waals surface area contributed by atoms with E-state index in [1.54, 1.807) is 0 Å². The van der Waals surface area contributed by atoms with Gasteiger partial charge in [-0.05, 0) is 47.2 Å². The topological polar surface area (TPSA) is 128 Å². The van der Waals surface area contributed by atoms with Gasteiger partial charge in [-0.2, -0.15) is 13.0 Å². The number of nitrogens with zero attached hydrogens (tertiary/aromatic N) is 2. The highest BCUT2D eigenvalue weighted by atomic mass is 32.2. The summed E-state index contributed by atoms with van der Waals surface area (Å²) < 4.78 is 75.9. The molecule has 1 aliphatic rings. The molecule has 1 aliphatic heterocycles. The SMILES string of the molecule is O=S(=O)([O-])CCC[n+]1c(/C=C2\Oc3ccc(-c4ccccc4)cc3N2CCCS(=O)(=O)O)sc2ccc3ccccc3c21. The Morgan fingerprint density at radius 2 is 1.65 bits per heavy atom. The molecule has 0 bridgehead atoms. The van der Waals surface area contributed by atoms with Crippen LogP contribution in [0.4, 0.5) is 5.69 Å². The molecule has 0 atom stereocenters. The van der Waals surface area contributed by atoms with Gasteiger partial charge in [0.1, 0.15) is 4.70 Å². The molecule has 5 aromatic rings. The molecule has 1 aromatic heterocycles. The van der Waals surface area contributed by atoms with E-state index in [0.29, 0.717) is 18.2 Å². The number of benzene rings is 4. The highest BCUT2D eigenvalue weighted by Crippen LogP contribution is 2.42. The maximum absolute atomic E-state index is 11.5. The Labute approximate surface area is 253 Å². The normalized spacial score (nSPS) is 14.5. The van der Waals surface area contributed by atoms with Gasteiger partial charge in [0.2, 0.25) is 11.4 Å². The van der Waals surface area contributed by atoms with Crippen LogP contribution in [0.5, 0.6) is 5.75 Å². The van der Waals surface area contributed by atoms with Crippen molar-refractivity contribution in [2.75, 3.05) is 23.0 Å². The lowest BCUT2D eigenvalue weighted by Crippen LogP contribution is -2.36. The van der Waals surface area contributed by atoms with Gasteiger partial charge in [-0.3, -0.25) is 4.55 Å². The van der Waals surface area contributed by atoms with Crippen molar-refractivity contribution in [1.29, 1.82) is 0 Å². The van der Waals surface area contributed by atoms with Crippen molar-refractivity contribution in [3.63, 3.8) is 0 Å². The molecule has 9 nitrogen and oxygen atoms in total. The van der Waals surface area contributed by atoms with Gasteiger partial charge in [-0.25, -0.2) is 8.42 Å². The Morgan fingerprint density at radius 1 is 0.884 bits per heavy atom. The molecule has 1 N–H and O–H groups in total. The minimum Gasteiger partial charge on any atom is -0.748 e. The second kappa shape index (κ2) is 11.7. The van der Waals surface area contributed by atoms with Crippen molar-refractivity contribution in [2.45, 2.75) is 19.4 Å². The summed E-state index contributed by atoms with van der Waals surface area (Å²) in [5, 5.41) is 2.81. The van der Waals surface area contributed by atoms with Crippen LogP contribution in [0.2, 0.25) is 0 Å². The van der Waals surface area contributed by atoms with E-state index < -0.39 is 31.7 Å². The molecular formula is C31H28N2O7S3. The molecule has 0 radical (unpaired) electrons. The average molecular weight is 637 g/mol. The molecule has 0 amide bonds. The lowest BCUT2D eigenvalue weighted by molar-refractivity contribution is -0.667. The Kier molecular flexibility index (Phi) is 7.96. The van der Waals surface area contributed by atoms with E-state index in [4.69, 9.17) is 4.74 Å². The van der Waals surface area contributed by atoms with Crippen molar-refractivity contribution in [2.24, 2.45) is 0 Å². The summed E-state index contributed by atoms with van der Waals surface area (Å²) in [6.45, 7) is 0.557. The number of hydrogen-bond donors (Lipinski definition) is 1. The second-order valence-electron chi connectivity index (χ2n) is 10.3. The second-order valence-corrected chi connectivity index (χ2v) is 14.4. The van der Waals surface area contributed by atoms with Crippen LogP contribution in [0, 0.1) is 0 Å². The third-order valence-corrected chi connectivity index (χ3v) is 9.95. The fourth-order valence-corrected chi connectivity index (χ4v) is 7.47. The Morgan fingerprint density at radius 3 is 2.42 bits per heavy atom. The van der Waals surface area contributed by atoms with Gasteiger partial charge in [-0.1, -0.05) is 72.0 Å². The molecule has 12 heteroatoms. The number of aromatic nitrogens is 1. The molecule has 2 heterocycles. The molecule has 0 saturated carbocycles. The van der Waals surface area contributed by atoms with E-state index in [1.165, 1.54) is 11.3 Å². The zero-order valence-corrected chi connectivity index (χ0v) is 25.4. The lowest BCUT2D eigenvalue weighted by atomic mass is 10.0. The maximum atomic E-state index is 11.5. The number of anilines is 1. The first-order valence-corrected chi connectivity index (χ1v) is 17.7. The van der Waals surface area contributed by atoms with E-state index in [2.05, 4.69) is 0 Å². The summed E-state index contributed by atoms with van der Waals surface area (Å²) in [6.07, 6.45) is 2.16. The van der Waals surface area contributed by atoms with Crippen LogP contribution >= 0.6 is 11.3 Å². The largest absolute Gasteiger partial charge is 0.748 e. The summed E-state index contributed by atoms with van der Waals surface area (Å²) in [5.41, 5.74) is 3.67. The van der Waals surface area contributed by atoms with Crippen LogP contribution in [0.15, 0.2) is 90.8 Å². The molecule has 0 unspecified atom stereocenters. The summed E-state index contributed by atoms with van der Waals surface area (Å²) >= 11 is 1.51. The number of fused-ring (bicyclic) bond motifs is 4. The van der Waals surface area contributed by atoms with Crippen molar-refractivity contribution in [1.82, 2.24) is 0 Å². The predicted molar refractivity (Wildman–Crippen MR) is 168 cm³/mol. The maximum Gasteiger partial charge on any atom is 0.268 e. The summed E-state index contributed by atoms with van der Waals surface area (Å²) in [4.78, 5) is 1.89. The molecule has 6 rings (SSSR count). The zero-order chi connectivity index (χ0) is 30.2. The Hall–Kier alpha value is -3.81. The van der Waals surface area contributed by atoms with Crippen LogP contribution in [0.3, 0.4) is 0 Å². The summed E-state index contributed by atoms with van der Waals surface area (Å²) in [6, 6.07) is 27.7. The van der Waals surface area contributed by atoms with Crippen molar-refractivity contribution < 1.29 is 35.2 Å². The highest BCUT2D eigenvalue weighted by Gasteiger charge is 2.30. The molecule has 0 aliphatic carbocycles. The van der Waals surface area contributed by atoms with E-state index >= 15 is 0 Å². The zero-order valence-electron chi connectivity index (χ0n) is 22.9. The first-order valence-electron chi connectivity index (χ1n) is 13.7. The van der Waals surface area contributed by atoms with Crippen molar-refractivity contribution >= 4 is 64.3 Å². The van der Waals surface area contributed by atoms with Gasteiger partial charge in [0.25, 0.3) is 15.1 Å². The average Bonchev–Trinajstić information content (AvgIpc) is 3.49. The summed E-state index contributed by atoms with van der Waals surface area (Å²) in [7, 11) is -8.53. The van der Waals surface area contributed by atoms with E-state index in [1.807, 2.05) is 100 Å². The number of rotatable bonds is 10. The number of aryl methyl sites for hydroxylation is 1. The van der Waals surface area contributed by atoms with Crippen molar-refractivity contribution in [3.05, 3.63) is 95.8 Å². The third kappa shape index (κ3) is 6.58. The Balaban J connectivity index is 1.45. The fraction of sp³-hybridized carbons (Fsp3) is 0.194.